The lowest BCUT2D eigenvalue weighted by Gasteiger charge is -2.07. The van der Waals surface area contributed by atoms with Crippen molar-refractivity contribution in [2.24, 2.45) is 0 Å². The molecular weight excluding hydrogens is 250 g/mol. The molecule has 2 rings (SSSR count). The van der Waals surface area contributed by atoms with Gasteiger partial charge in [-0.25, -0.2) is 13.8 Å². The first kappa shape index (κ1) is 13.1. The molecule has 0 saturated heterocycles. The number of carbonyl (C=O) groups is 1. The van der Waals surface area contributed by atoms with Gasteiger partial charge in [0.2, 0.25) is 0 Å². The molecule has 0 aliphatic heterocycles. The van der Waals surface area contributed by atoms with E-state index >= 15 is 0 Å². The van der Waals surface area contributed by atoms with Crippen molar-refractivity contribution in [3.63, 3.8) is 0 Å². The Morgan fingerprint density at radius 2 is 1.89 bits per heavy atom. The zero-order chi connectivity index (χ0) is 14.0. The van der Waals surface area contributed by atoms with Crippen LogP contribution in [0.3, 0.4) is 0 Å². The van der Waals surface area contributed by atoms with Crippen LogP contribution in [0.1, 0.15) is 21.5 Å². The molecule has 2 aromatic rings. The van der Waals surface area contributed by atoms with Crippen LogP contribution in [-0.4, -0.2) is 10.8 Å². The lowest BCUT2D eigenvalue weighted by molar-refractivity contribution is 0.0993. The molecular formula is C14H12F2N2O. The number of benzene rings is 1. The van der Waals surface area contributed by atoms with Gasteiger partial charge in [-0.3, -0.25) is 4.79 Å². The Labute approximate surface area is 109 Å². The molecule has 1 heterocycles. The fourth-order valence-electron chi connectivity index (χ4n) is 1.93. The fourth-order valence-corrected chi connectivity index (χ4v) is 1.93. The number of pyridine rings is 1. The van der Waals surface area contributed by atoms with E-state index in [1.165, 1.54) is 6.20 Å². The minimum Gasteiger partial charge on any atom is -0.383 e. The summed E-state index contributed by atoms with van der Waals surface area (Å²) in [6.07, 6.45) is 1.38. The highest BCUT2D eigenvalue weighted by molar-refractivity contribution is 6.02. The lowest BCUT2D eigenvalue weighted by Crippen LogP contribution is -2.10. The van der Waals surface area contributed by atoms with Gasteiger partial charge in [0.05, 0.1) is 5.56 Å². The maximum atomic E-state index is 13.1. The predicted octanol–water partition coefficient (Wildman–Crippen LogP) is 2.68. The minimum absolute atomic E-state index is 0.120. The van der Waals surface area contributed by atoms with Crippen molar-refractivity contribution >= 4 is 11.6 Å². The molecule has 0 unspecified atom stereocenters. The molecule has 1 aromatic carbocycles. The number of nitrogens with zero attached hydrogens (tertiary/aromatic N) is 1. The van der Waals surface area contributed by atoms with Crippen molar-refractivity contribution in [3.8, 4) is 0 Å². The summed E-state index contributed by atoms with van der Waals surface area (Å²) < 4.78 is 26.1. The smallest absolute Gasteiger partial charge is 0.171 e. The molecule has 0 saturated carbocycles. The Balaban J connectivity index is 2.31. The third kappa shape index (κ3) is 2.93. The first-order valence-corrected chi connectivity index (χ1v) is 5.66. The average Bonchev–Trinajstić information content (AvgIpc) is 2.26. The first-order valence-electron chi connectivity index (χ1n) is 5.66. The number of nitrogens with two attached hydrogens (primary N) is 1. The van der Waals surface area contributed by atoms with E-state index in [0.717, 1.165) is 18.2 Å². The summed E-state index contributed by atoms with van der Waals surface area (Å²) in [5.41, 5.74) is 6.91. The standard InChI is InChI=1S/C14H12F2N2O/c1-8-2-3-18-14(17)13(8)12(19)6-9-4-10(15)7-11(16)5-9/h2-5,7H,6H2,1H3,(H2,17,18). The normalized spacial score (nSPS) is 10.5. The minimum atomic E-state index is -0.710. The van der Waals surface area contributed by atoms with Crippen LogP contribution in [0.25, 0.3) is 0 Å². The Kier molecular flexibility index (Phi) is 3.55. The molecule has 0 fully saturated rings. The Hall–Kier alpha value is -2.30. The molecule has 5 heteroatoms. The number of halogens is 2. The van der Waals surface area contributed by atoms with Crippen molar-refractivity contribution in [3.05, 3.63) is 58.8 Å². The zero-order valence-electron chi connectivity index (χ0n) is 10.3. The largest absolute Gasteiger partial charge is 0.383 e. The summed E-state index contributed by atoms with van der Waals surface area (Å²) >= 11 is 0. The van der Waals surface area contributed by atoms with Gasteiger partial charge >= 0.3 is 0 Å². The predicted molar refractivity (Wildman–Crippen MR) is 67.8 cm³/mol. The van der Waals surface area contributed by atoms with Crippen molar-refractivity contribution in [1.29, 1.82) is 0 Å². The van der Waals surface area contributed by atoms with E-state index in [1.54, 1.807) is 13.0 Å². The van der Waals surface area contributed by atoms with E-state index in [1.807, 2.05) is 0 Å². The number of aromatic nitrogens is 1. The van der Waals surface area contributed by atoms with Crippen LogP contribution in [0.2, 0.25) is 0 Å². The quantitative estimate of drug-likeness (QED) is 0.865. The summed E-state index contributed by atoms with van der Waals surface area (Å²) in [6, 6.07) is 4.68. The van der Waals surface area contributed by atoms with E-state index in [4.69, 9.17) is 5.73 Å². The lowest BCUT2D eigenvalue weighted by atomic mass is 10.00. The van der Waals surface area contributed by atoms with E-state index in [0.29, 0.717) is 11.1 Å². The summed E-state index contributed by atoms with van der Waals surface area (Å²) in [7, 11) is 0. The topological polar surface area (TPSA) is 56.0 Å². The van der Waals surface area contributed by atoms with Crippen molar-refractivity contribution < 1.29 is 13.6 Å². The van der Waals surface area contributed by atoms with Gasteiger partial charge in [-0.1, -0.05) is 0 Å². The van der Waals surface area contributed by atoms with E-state index in [2.05, 4.69) is 4.98 Å². The number of anilines is 1. The van der Waals surface area contributed by atoms with Crippen molar-refractivity contribution in [1.82, 2.24) is 4.98 Å². The Morgan fingerprint density at radius 1 is 1.26 bits per heavy atom. The summed E-state index contributed by atoms with van der Waals surface area (Å²) in [5.74, 6) is -1.60. The van der Waals surface area contributed by atoms with Crippen LogP contribution in [0.4, 0.5) is 14.6 Å². The summed E-state index contributed by atoms with van der Waals surface area (Å²) in [6.45, 7) is 1.73. The molecule has 0 aliphatic carbocycles. The second kappa shape index (κ2) is 5.14. The van der Waals surface area contributed by atoms with Crippen LogP contribution in [0, 0.1) is 18.6 Å². The van der Waals surface area contributed by atoms with Gasteiger partial charge in [-0.05, 0) is 36.2 Å². The Morgan fingerprint density at radius 3 is 2.47 bits per heavy atom. The molecule has 98 valence electrons. The van der Waals surface area contributed by atoms with Crippen LogP contribution in [-0.2, 0) is 6.42 Å². The number of Topliss-reactive ketones (excluding diaryl/α,β-unsaturated/α-hetero) is 1. The molecule has 0 atom stereocenters. The van der Waals surface area contributed by atoms with Crippen LogP contribution in [0.15, 0.2) is 30.5 Å². The Bertz CT molecular complexity index is 601. The van der Waals surface area contributed by atoms with E-state index in [9.17, 15) is 13.6 Å². The molecule has 19 heavy (non-hydrogen) atoms. The molecule has 3 nitrogen and oxygen atoms in total. The first-order chi connectivity index (χ1) is 8.97. The van der Waals surface area contributed by atoms with Gasteiger partial charge in [-0.15, -0.1) is 0 Å². The second-order valence-corrected chi connectivity index (χ2v) is 4.27. The number of hydrogen-bond acceptors (Lipinski definition) is 3. The summed E-state index contributed by atoms with van der Waals surface area (Å²) in [4.78, 5) is 16.0. The molecule has 0 aliphatic rings. The van der Waals surface area contributed by atoms with Gasteiger partial charge in [-0.2, -0.15) is 0 Å². The third-order valence-corrected chi connectivity index (χ3v) is 2.75. The van der Waals surface area contributed by atoms with E-state index in [-0.39, 0.29) is 23.6 Å². The molecule has 0 amide bonds. The van der Waals surface area contributed by atoms with Gasteiger partial charge in [0.25, 0.3) is 0 Å². The number of nitrogen functional groups attached to an aromatic ring is 1. The van der Waals surface area contributed by atoms with Gasteiger partial charge in [0.15, 0.2) is 5.78 Å². The number of ketones is 1. The number of aryl methyl sites for hydroxylation is 1. The fraction of sp³-hybridized carbons (Fsp3) is 0.143. The maximum absolute atomic E-state index is 13.1. The number of rotatable bonds is 3. The molecule has 0 bridgehead atoms. The SMILES string of the molecule is Cc1ccnc(N)c1C(=O)Cc1cc(F)cc(F)c1. The van der Waals surface area contributed by atoms with Crippen molar-refractivity contribution in [2.45, 2.75) is 13.3 Å². The molecule has 2 N–H and O–H groups in total. The highest BCUT2D eigenvalue weighted by atomic mass is 19.1. The van der Waals surface area contributed by atoms with Gasteiger partial charge < -0.3 is 5.73 Å². The number of carbonyl (C=O) groups excluding carboxylic acids is 1. The second-order valence-electron chi connectivity index (χ2n) is 4.27. The molecule has 1 aromatic heterocycles. The zero-order valence-corrected chi connectivity index (χ0v) is 10.3. The van der Waals surface area contributed by atoms with Crippen LogP contribution >= 0.6 is 0 Å². The van der Waals surface area contributed by atoms with Gasteiger partial charge in [0.1, 0.15) is 17.5 Å². The van der Waals surface area contributed by atoms with E-state index < -0.39 is 11.6 Å². The van der Waals surface area contributed by atoms with Crippen LogP contribution in [0.5, 0.6) is 0 Å². The highest BCUT2D eigenvalue weighted by Gasteiger charge is 2.15. The average molecular weight is 262 g/mol. The van der Waals surface area contributed by atoms with Crippen LogP contribution < -0.4 is 5.73 Å². The monoisotopic (exact) mass is 262 g/mol. The highest BCUT2D eigenvalue weighted by Crippen LogP contribution is 2.17. The number of hydrogen-bond donors (Lipinski definition) is 1. The molecule has 0 spiro atoms. The summed E-state index contributed by atoms with van der Waals surface area (Å²) in [5, 5.41) is 0. The maximum Gasteiger partial charge on any atom is 0.171 e. The van der Waals surface area contributed by atoms with Crippen molar-refractivity contribution in [2.75, 3.05) is 5.73 Å². The van der Waals surface area contributed by atoms with Gasteiger partial charge in [0, 0.05) is 18.7 Å². The molecule has 0 radical (unpaired) electrons. The third-order valence-electron chi connectivity index (χ3n) is 2.75.